The van der Waals surface area contributed by atoms with E-state index in [2.05, 4.69) is 0 Å². The second-order valence-corrected chi connectivity index (χ2v) is 17.0. The summed E-state index contributed by atoms with van der Waals surface area (Å²) in [5.41, 5.74) is 1.75. The Morgan fingerprint density at radius 3 is 2.47 bits per heavy atom. The van der Waals surface area contributed by atoms with Gasteiger partial charge in [-0.1, -0.05) is 81.6 Å². The molecular formula is C46H71NO10. The lowest BCUT2D eigenvalue weighted by molar-refractivity contribution is -0.263. The summed E-state index contributed by atoms with van der Waals surface area (Å²) in [5.74, 6) is -5.76. The highest BCUT2D eigenvalue weighted by Crippen LogP contribution is 2.36. The molecule has 2 saturated heterocycles. The summed E-state index contributed by atoms with van der Waals surface area (Å²) in [6.07, 6.45) is 24.1. The number of hydrogen-bond donors (Lipinski definition) is 3. The SMILES string of the molecule is CO[C@H]1CCC[C@@H](CCCCC(=O)C/C=C(\C)[C@@H](O)CC(=O)[C@H](C)CC/C=C/C=C/C=C(\C)CC[C@@H]2CC[C@@H](C)[C@](O)(C(=O)C(=O)N3CCCC(C(=O)O)C3)O2)C1. The molecule has 57 heavy (non-hydrogen) atoms. The molecule has 8 atom stereocenters. The average Bonchev–Trinajstić information content (AvgIpc) is 3.20. The fraction of sp³-hybridized carbons (Fsp3) is 0.717. The fourth-order valence-corrected chi connectivity index (χ4v) is 8.18. The number of carboxylic acids is 1. The lowest BCUT2D eigenvalue weighted by atomic mass is 9.84. The first-order chi connectivity index (χ1) is 27.1. The van der Waals surface area contributed by atoms with E-state index in [1.165, 1.54) is 17.7 Å². The number of likely N-dealkylation sites (tertiary alicyclic amines) is 1. The zero-order chi connectivity index (χ0) is 42.0. The molecule has 3 aliphatic rings. The molecule has 3 N–H and O–H groups in total. The third-order valence-corrected chi connectivity index (χ3v) is 12.4. The van der Waals surface area contributed by atoms with Gasteiger partial charge in [-0.25, -0.2) is 0 Å². The molecule has 0 aromatic rings. The Balaban J connectivity index is 1.31. The van der Waals surface area contributed by atoms with Crippen LogP contribution in [0, 0.1) is 23.7 Å². The summed E-state index contributed by atoms with van der Waals surface area (Å²) in [6, 6.07) is 0. The minimum atomic E-state index is -2.23. The fourth-order valence-electron chi connectivity index (χ4n) is 8.18. The summed E-state index contributed by atoms with van der Waals surface area (Å²) >= 11 is 0. The van der Waals surface area contributed by atoms with Crippen LogP contribution in [0.2, 0.25) is 0 Å². The van der Waals surface area contributed by atoms with E-state index in [1.54, 1.807) is 27.0 Å². The monoisotopic (exact) mass is 798 g/mol. The summed E-state index contributed by atoms with van der Waals surface area (Å²) in [4.78, 5) is 64.1. The number of aliphatic hydroxyl groups excluding tert-OH is 1. The molecule has 0 spiro atoms. The Hall–Kier alpha value is -3.25. The van der Waals surface area contributed by atoms with E-state index in [1.807, 2.05) is 44.2 Å². The first-order valence-corrected chi connectivity index (χ1v) is 21.5. The van der Waals surface area contributed by atoms with Crippen LogP contribution >= 0.6 is 0 Å². The normalized spacial score (nSPS) is 27.4. The van der Waals surface area contributed by atoms with E-state index in [9.17, 15) is 39.3 Å². The standard InChI is InChI=1S/C46H71NO10/c1-32(22-26-39-27-24-35(4)46(55,57-39)43(51)44(52)47-28-14-19-37(31-47)45(53)54)15-9-7-6-8-10-16-33(2)41(49)30-42(50)34(3)23-25-38(48)20-12-11-17-36-18-13-21-40(29-36)56-5/h6-9,15,23,33,35-37,39-40,42,50,55H,10-14,16-22,24-31H2,1-5H3,(H,53,54)/b8-6+,9-7+,32-15+,34-23+/t33-,35-,36-,37?,39-,40+,42+,46-/m1/s1. The number of carbonyl (C=O) groups is 5. The van der Waals surface area contributed by atoms with E-state index in [0.29, 0.717) is 75.4 Å². The third-order valence-electron chi connectivity index (χ3n) is 12.4. The van der Waals surface area contributed by atoms with E-state index in [0.717, 1.165) is 37.7 Å². The molecule has 11 nitrogen and oxygen atoms in total. The second-order valence-electron chi connectivity index (χ2n) is 17.0. The summed E-state index contributed by atoms with van der Waals surface area (Å²) in [6.45, 7) is 7.57. The Labute approximate surface area is 341 Å². The molecule has 1 saturated carbocycles. The number of hydrogen-bond acceptors (Lipinski definition) is 9. The van der Waals surface area contributed by atoms with Gasteiger partial charge in [-0.3, -0.25) is 24.0 Å². The van der Waals surface area contributed by atoms with Gasteiger partial charge >= 0.3 is 5.97 Å². The van der Waals surface area contributed by atoms with Crippen LogP contribution in [0.15, 0.2) is 47.6 Å². The van der Waals surface area contributed by atoms with Crippen molar-refractivity contribution in [2.24, 2.45) is 23.7 Å². The Kier molecular flexibility index (Phi) is 20.8. The van der Waals surface area contributed by atoms with Crippen LogP contribution in [-0.4, -0.2) is 93.7 Å². The number of aliphatic carboxylic acids is 1. The van der Waals surface area contributed by atoms with E-state index in [4.69, 9.17) is 9.47 Å². The van der Waals surface area contributed by atoms with Gasteiger partial charge in [0.05, 0.1) is 24.2 Å². The van der Waals surface area contributed by atoms with Gasteiger partial charge in [0.25, 0.3) is 11.7 Å². The first-order valence-electron chi connectivity index (χ1n) is 21.5. The van der Waals surface area contributed by atoms with Gasteiger partial charge in [0.1, 0.15) is 11.6 Å². The van der Waals surface area contributed by atoms with Crippen molar-refractivity contribution in [3.8, 4) is 0 Å². The number of carboxylic acid groups (broad SMARTS) is 1. The number of carbonyl (C=O) groups excluding carboxylic acids is 4. The van der Waals surface area contributed by atoms with Crippen molar-refractivity contribution >= 4 is 29.2 Å². The second kappa shape index (κ2) is 24.6. The highest BCUT2D eigenvalue weighted by molar-refractivity contribution is 6.38. The third kappa shape index (κ3) is 16.1. The number of amides is 1. The molecule has 3 fully saturated rings. The number of ether oxygens (including phenoxy) is 2. The van der Waals surface area contributed by atoms with Gasteiger partial charge in [-0.2, -0.15) is 0 Å². The number of allylic oxidation sites excluding steroid dienone is 7. The summed E-state index contributed by atoms with van der Waals surface area (Å²) < 4.78 is 11.4. The molecule has 1 unspecified atom stereocenters. The van der Waals surface area contributed by atoms with Gasteiger partial charge in [0.15, 0.2) is 0 Å². The Bertz CT molecular complexity index is 1460. The van der Waals surface area contributed by atoms with Gasteiger partial charge in [0.2, 0.25) is 5.79 Å². The lowest BCUT2D eigenvalue weighted by Crippen LogP contribution is -2.59. The molecular weight excluding hydrogens is 727 g/mol. The van der Waals surface area contributed by atoms with Crippen LogP contribution in [0.3, 0.4) is 0 Å². The molecule has 0 aromatic heterocycles. The molecule has 1 amide bonds. The summed E-state index contributed by atoms with van der Waals surface area (Å²) in [5, 5.41) is 31.3. The number of piperidine rings is 1. The Morgan fingerprint density at radius 1 is 0.965 bits per heavy atom. The number of Topliss-reactive ketones (excluding diaryl/α,β-unsaturated/α-hetero) is 3. The number of aliphatic hydroxyl groups is 2. The van der Waals surface area contributed by atoms with Crippen LogP contribution in [0.4, 0.5) is 0 Å². The topological polar surface area (TPSA) is 168 Å². The zero-order valence-corrected chi connectivity index (χ0v) is 35.3. The number of ketones is 3. The molecule has 1 aliphatic carbocycles. The van der Waals surface area contributed by atoms with Crippen molar-refractivity contribution in [1.29, 1.82) is 0 Å². The molecule has 11 heteroatoms. The van der Waals surface area contributed by atoms with Crippen molar-refractivity contribution in [3.63, 3.8) is 0 Å². The largest absolute Gasteiger partial charge is 0.481 e. The number of nitrogens with zero attached hydrogens (tertiary/aromatic N) is 1. The predicted octanol–water partition coefficient (Wildman–Crippen LogP) is 7.63. The zero-order valence-electron chi connectivity index (χ0n) is 35.3. The average molecular weight is 798 g/mol. The van der Waals surface area contributed by atoms with Gasteiger partial charge in [-0.05, 0) is 96.0 Å². The van der Waals surface area contributed by atoms with Gasteiger partial charge in [-0.15, -0.1) is 0 Å². The van der Waals surface area contributed by atoms with Crippen LogP contribution < -0.4 is 0 Å². The van der Waals surface area contributed by atoms with Gasteiger partial charge in [0, 0.05) is 51.3 Å². The van der Waals surface area contributed by atoms with Crippen molar-refractivity contribution < 1.29 is 48.8 Å². The molecule has 0 radical (unpaired) electrons. The highest BCUT2D eigenvalue weighted by Gasteiger charge is 2.51. The number of methoxy groups -OCH3 is 1. The molecule has 320 valence electrons. The molecule has 0 bridgehead atoms. The van der Waals surface area contributed by atoms with E-state index >= 15 is 0 Å². The van der Waals surface area contributed by atoms with E-state index < -0.39 is 47.5 Å². The van der Waals surface area contributed by atoms with Crippen LogP contribution in [0.1, 0.15) is 143 Å². The van der Waals surface area contributed by atoms with Crippen LogP contribution in [0.5, 0.6) is 0 Å². The van der Waals surface area contributed by atoms with Crippen molar-refractivity contribution in [2.45, 2.75) is 167 Å². The van der Waals surface area contributed by atoms with Crippen LogP contribution in [-0.2, 0) is 33.4 Å². The summed E-state index contributed by atoms with van der Waals surface area (Å²) in [7, 11) is 1.79. The maximum atomic E-state index is 13.2. The predicted molar refractivity (Wildman–Crippen MR) is 220 cm³/mol. The maximum Gasteiger partial charge on any atom is 0.308 e. The molecule has 3 rings (SSSR count). The van der Waals surface area contributed by atoms with Gasteiger partial charge < -0.3 is 29.7 Å². The van der Waals surface area contributed by atoms with Crippen LogP contribution in [0.25, 0.3) is 0 Å². The lowest BCUT2D eigenvalue weighted by Gasteiger charge is -2.41. The number of rotatable bonds is 23. The molecule has 0 aromatic carbocycles. The first kappa shape index (κ1) is 48.1. The van der Waals surface area contributed by atoms with Crippen molar-refractivity contribution in [1.82, 2.24) is 4.90 Å². The highest BCUT2D eigenvalue weighted by atomic mass is 16.6. The minimum Gasteiger partial charge on any atom is -0.481 e. The minimum absolute atomic E-state index is 0.00388. The smallest absolute Gasteiger partial charge is 0.308 e. The molecule has 2 heterocycles. The number of unbranched alkanes of at least 4 members (excludes halogenated alkanes) is 1. The van der Waals surface area contributed by atoms with Crippen molar-refractivity contribution in [2.75, 3.05) is 20.2 Å². The van der Waals surface area contributed by atoms with Crippen molar-refractivity contribution in [3.05, 3.63) is 47.6 Å². The Morgan fingerprint density at radius 2 is 1.74 bits per heavy atom. The quantitative estimate of drug-likeness (QED) is 0.0405. The van der Waals surface area contributed by atoms with E-state index in [-0.39, 0.29) is 43.4 Å². The maximum absolute atomic E-state index is 13.2. The molecule has 2 aliphatic heterocycles.